The van der Waals surface area contributed by atoms with Gasteiger partial charge in [0.25, 0.3) is 0 Å². The topological polar surface area (TPSA) is 52.6 Å². The summed E-state index contributed by atoms with van der Waals surface area (Å²) in [4.78, 5) is 24.0. The highest BCUT2D eigenvalue weighted by atomic mass is 35.5. The highest BCUT2D eigenvalue weighted by Crippen LogP contribution is 2.11. The summed E-state index contributed by atoms with van der Waals surface area (Å²) in [5.74, 6) is -0.0820. The van der Waals surface area contributed by atoms with E-state index < -0.39 is 0 Å². The van der Waals surface area contributed by atoms with Crippen LogP contribution >= 0.6 is 0 Å². The molecule has 0 amide bonds. The maximum Gasteiger partial charge on any atom is 0.305 e. The van der Waals surface area contributed by atoms with Crippen molar-refractivity contribution in [3.63, 3.8) is 0 Å². The van der Waals surface area contributed by atoms with Crippen LogP contribution in [0.3, 0.4) is 0 Å². The lowest BCUT2D eigenvalue weighted by Gasteiger charge is -2.32. The zero-order valence-corrected chi connectivity index (χ0v) is 28.8. The van der Waals surface area contributed by atoms with Gasteiger partial charge in [-0.3, -0.25) is 9.59 Å². The predicted octanol–water partition coefficient (Wildman–Crippen LogP) is 1.30. The highest BCUT2D eigenvalue weighted by Gasteiger charge is 2.19. The molecule has 0 saturated carbocycles. The smallest absolute Gasteiger partial charge is 0.305 e. The van der Waals surface area contributed by atoms with Gasteiger partial charge in [0.2, 0.25) is 0 Å². The van der Waals surface area contributed by atoms with Crippen LogP contribution in [0.5, 0.6) is 0 Å². The Morgan fingerprint density at radius 3 is 1.07 bits per heavy atom. The van der Waals surface area contributed by atoms with Gasteiger partial charge in [-0.05, 0) is 12.8 Å². The molecule has 0 saturated heterocycles. The Bertz CT molecular complexity index is 539. The van der Waals surface area contributed by atoms with Crippen molar-refractivity contribution in [1.82, 2.24) is 0 Å². The first kappa shape index (κ1) is 43.9. The second-order valence-electron chi connectivity index (χ2n) is 12.7. The van der Waals surface area contributed by atoms with Gasteiger partial charge in [-0.25, -0.2) is 0 Å². The van der Waals surface area contributed by atoms with Crippen LogP contribution in [-0.4, -0.2) is 88.5 Å². The molecule has 8 heteroatoms. The minimum atomic E-state index is -0.0410. The van der Waals surface area contributed by atoms with Crippen LogP contribution in [0.1, 0.15) is 129 Å². The number of rotatable bonds is 27. The Labute approximate surface area is 261 Å². The Kier molecular flexibility index (Phi) is 31.3. The van der Waals surface area contributed by atoms with Crippen molar-refractivity contribution in [1.29, 1.82) is 0 Å². The van der Waals surface area contributed by atoms with Gasteiger partial charge in [0.05, 0.1) is 41.3 Å². The minimum absolute atomic E-state index is 0. The van der Waals surface area contributed by atoms with Gasteiger partial charge in [-0.2, -0.15) is 0 Å². The Hall–Kier alpha value is -0.560. The van der Waals surface area contributed by atoms with E-state index in [1.165, 1.54) is 64.2 Å². The van der Waals surface area contributed by atoms with Crippen molar-refractivity contribution in [2.75, 3.05) is 67.6 Å². The van der Waals surface area contributed by atoms with E-state index in [2.05, 4.69) is 42.0 Å². The number of quaternary nitrogens is 2. The van der Waals surface area contributed by atoms with Crippen LogP contribution in [0.2, 0.25) is 0 Å². The average Bonchev–Trinajstić information content (AvgIpc) is 2.85. The number of hydrogen-bond donors (Lipinski definition) is 0. The molecule has 0 aliphatic carbocycles. The van der Waals surface area contributed by atoms with E-state index in [4.69, 9.17) is 9.47 Å². The van der Waals surface area contributed by atoms with E-state index in [1.54, 1.807) is 0 Å². The molecule has 0 spiro atoms. The van der Waals surface area contributed by atoms with Gasteiger partial charge in [0.1, 0.15) is 26.3 Å². The molecule has 0 fully saturated rings. The van der Waals surface area contributed by atoms with Gasteiger partial charge in [-0.15, -0.1) is 0 Å². The Morgan fingerprint density at radius 1 is 0.450 bits per heavy atom. The fourth-order valence-corrected chi connectivity index (χ4v) is 4.71. The van der Waals surface area contributed by atoms with Crippen LogP contribution in [0, 0.1) is 0 Å². The number of hydrogen-bond acceptors (Lipinski definition) is 4. The summed E-state index contributed by atoms with van der Waals surface area (Å²) < 4.78 is 12.7. The second kappa shape index (κ2) is 28.6. The standard InChI is InChI=1S/C32H66N2O4.2ClH/c1-7-9-11-13-15-17-19-23-31(35)37-29-27-33(3,4)25-21-22-26-34(5,6)28-30-38-32(36)24-20-18-16-14-12-10-8-2;;/h7-30H2,1-6H3;2*1H/q+2;;/p-2. The molecular weight excluding hydrogens is 547 g/mol. The minimum Gasteiger partial charge on any atom is -1.00 e. The lowest BCUT2D eigenvalue weighted by Crippen LogP contribution is -3.00. The molecule has 0 bridgehead atoms. The first-order valence-corrected chi connectivity index (χ1v) is 16.1. The molecule has 0 atom stereocenters. The summed E-state index contributed by atoms with van der Waals surface area (Å²) in [7, 11) is 8.87. The second-order valence-corrected chi connectivity index (χ2v) is 12.7. The van der Waals surface area contributed by atoms with Crippen LogP contribution in [0.15, 0.2) is 0 Å². The van der Waals surface area contributed by atoms with Crippen molar-refractivity contribution < 1.29 is 52.8 Å². The Morgan fingerprint density at radius 2 is 0.750 bits per heavy atom. The van der Waals surface area contributed by atoms with E-state index in [1.807, 2.05) is 0 Å². The molecule has 0 aromatic carbocycles. The molecule has 0 aliphatic heterocycles. The number of nitrogens with zero attached hydrogens (tertiary/aromatic N) is 2. The fourth-order valence-electron chi connectivity index (χ4n) is 4.71. The number of likely N-dealkylation sites (N-methyl/N-ethyl adjacent to an activating group) is 2. The van der Waals surface area contributed by atoms with Crippen molar-refractivity contribution in [3.8, 4) is 0 Å². The zero-order chi connectivity index (χ0) is 28.5. The summed E-state index contributed by atoms with van der Waals surface area (Å²) in [6, 6.07) is 0. The summed E-state index contributed by atoms with van der Waals surface area (Å²) in [5.41, 5.74) is 0. The molecule has 6 nitrogen and oxygen atoms in total. The first-order valence-electron chi connectivity index (χ1n) is 16.1. The van der Waals surface area contributed by atoms with Crippen molar-refractivity contribution >= 4 is 11.9 Å². The van der Waals surface area contributed by atoms with Gasteiger partial charge >= 0.3 is 11.9 Å². The lowest BCUT2D eigenvalue weighted by atomic mass is 10.1. The number of carbonyl (C=O) groups excluding carboxylic acids is 2. The van der Waals surface area contributed by atoms with Gasteiger partial charge < -0.3 is 43.3 Å². The first-order chi connectivity index (χ1) is 18.1. The SMILES string of the molecule is CCCCCCCCCC(=O)OCC[N+](C)(C)CCCC[N+](C)(C)CCOC(=O)CCCCCCCCC.[Cl-].[Cl-]. The summed E-state index contributed by atoms with van der Waals surface area (Å²) in [6.07, 6.45) is 20.4. The molecular formula is C32H66Cl2N2O4. The van der Waals surface area contributed by atoms with E-state index in [-0.39, 0.29) is 36.8 Å². The maximum atomic E-state index is 12.0. The number of halogens is 2. The molecule has 40 heavy (non-hydrogen) atoms. The number of esters is 2. The molecule has 0 rings (SSSR count). The van der Waals surface area contributed by atoms with Crippen molar-refractivity contribution in [3.05, 3.63) is 0 Å². The van der Waals surface area contributed by atoms with Crippen molar-refractivity contribution in [2.24, 2.45) is 0 Å². The largest absolute Gasteiger partial charge is 1.00 e. The summed E-state index contributed by atoms with van der Waals surface area (Å²) in [5, 5.41) is 0. The third kappa shape index (κ3) is 30.4. The third-order valence-electron chi connectivity index (χ3n) is 7.67. The van der Waals surface area contributed by atoms with E-state index in [9.17, 15) is 9.59 Å². The molecule has 0 aromatic rings. The number of ether oxygens (including phenoxy) is 2. The normalized spacial score (nSPS) is 11.4. The van der Waals surface area contributed by atoms with Crippen LogP contribution < -0.4 is 24.8 Å². The summed E-state index contributed by atoms with van der Waals surface area (Å²) >= 11 is 0. The molecule has 242 valence electrons. The van der Waals surface area contributed by atoms with Crippen molar-refractivity contribution in [2.45, 2.75) is 129 Å². The molecule has 0 radical (unpaired) electrons. The Balaban J connectivity index is -0.00000684. The summed E-state index contributed by atoms with van der Waals surface area (Å²) in [6.45, 7) is 9.34. The lowest BCUT2D eigenvalue weighted by molar-refractivity contribution is -0.897. The fraction of sp³-hybridized carbons (Fsp3) is 0.938. The highest BCUT2D eigenvalue weighted by molar-refractivity contribution is 5.69. The number of carbonyl (C=O) groups is 2. The van der Waals surface area contributed by atoms with Gasteiger partial charge in [0, 0.05) is 25.7 Å². The average molecular weight is 614 g/mol. The molecule has 0 N–H and O–H groups in total. The maximum absolute atomic E-state index is 12.0. The van der Waals surface area contributed by atoms with Gasteiger partial charge in [-0.1, -0.05) is 90.9 Å². The molecule has 0 heterocycles. The monoisotopic (exact) mass is 612 g/mol. The number of unbranched alkanes of at least 4 members (excludes halogenated alkanes) is 13. The zero-order valence-electron chi connectivity index (χ0n) is 27.3. The van der Waals surface area contributed by atoms with Crippen LogP contribution in [-0.2, 0) is 19.1 Å². The quantitative estimate of drug-likeness (QED) is 0.0797. The molecule has 0 aromatic heterocycles. The van der Waals surface area contributed by atoms with Crippen LogP contribution in [0.25, 0.3) is 0 Å². The van der Waals surface area contributed by atoms with Gasteiger partial charge in [0.15, 0.2) is 0 Å². The van der Waals surface area contributed by atoms with E-state index >= 15 is 0 Å². The third-order valence-corrected chi connectivity index (χ3v) is 7.67. The van der Waals surface area contributed by atoms with Crippen LogP contribution in [0.4, 0.5) is 0 Å². The molecule has 0 unspecified atom stereocenters. The van der Waals surface area contributed by atoms with E-state index in [0.29, 0.717) is 26.1 Å². The molecule has 0 aliphatic rings. The van der Waals surface area contributed by atoms with E-state index in [0.717, 1.165) is 73.7 Å². The predicted molar refractivity (Wildman–Crippen MR) is 160 cm³/mol.